The normalized spacial score (nSPS) is 24.1. The van der Waals surface area contributed by atoms with Crippen LogP contribution in [-0.4, -0.2) is 62.4 Å². The predicted octanol–water partition coefficient (Wildman–Crippen LogP) is 15.0. The van der Waals surface area contributed by atoms with Crippen LogP contribution in [0.2, 0.25) is 0 Å². The van der Waals surface area contributed by atoms with Crippen molar-refractivity contribution in [1.82, 2.24) is 4.90 Å². The average Bonchev–Trinajstić information content (AvgIpc) is 3.13. The number of carbonyl (C=O) groups is 2. The van der Waals surface area contributed by atoms with Crippen molar-refractivity contribution in [3.05, 3.63) is 48.6 Å². The average molecular weight is 826 g/mol. The summed E-state index contributed by atoms with van der Waals surface area (Å²) in [5.74, 6) is -0.108. The van der Waals surface area contributed by atoms with E-state index in [4.69, 9.17) is 14.2 Å². The summed E-state index contributed by atoms with van der Waals surface area (Å²) >= 11 is 0. The maximum absolute atomic E-state index is 13.3. The number of rotatable bonds is 7. The van der Waals surface area contributed by atoms with Crippen molar-refractivity contribution in [2.75, 3.05) is 33.9 Å². The van der Waals surface area contributed by atoms with E-state index in [0.717, 1.165) is 116 Å². The maximum Gasteiger partial charge on any atom is 0.306 e. The topological polar surface area (TPSA) is 65.1 Å². The smallest absolute Gasteiger partial charge is 0.306 e. The van der Waals surface area contributed by atoms with Gasteiger partial charge in [0.15, 0.2) is 0 Å². The molecule has 6 heteroatoms. The zero-order valence-corrected chi connectivity index (χ0v) is 40.1. The summed E-state index contributed by atoms with van der Waals surface area (Å²) in [7, 11) is 4.25. The van der Waals surface area contributed by atoms with E-state index in [1.807, 2.05) is 13.8 Å². The van der Waals surface area contributed by atoms with E-state index in [0.29, 0.717) is 19.4 Å². The molecule has 0 saturated heterocycles. The van der Waals surface area contributed by atoms with Gasteiger partial charge in [-0.1, -0.05) is 128 Å². The predicted molar refractivity (Wildman–Crippen MR) is 253 cm³/mol. The Kier molecular flexibility index (Phi) is 32.0. The molecule has 0 aromatic rings. The molecule has 1 heterocycles. The SMILES string of the molecule is CN(C)CC(C)(C)CC(C)(C)CC(=O)OC1CCCCCCCC/C=C\C/C=C\CCCCOCCC(C)(C)OC(=O)CCCC/C=C\C/C=C\CCCCCCCC1. The molecule has 6 nitrogen and oxygen atoms in total. The number of esters is 2. The van der Waals surface area contributed by atoms with Gasteiger partial charge in [0.2, 0.25) is 0 Å². The second kappa shape index (κ2) is 34.4. The zero-order valence-electron chi connectivity index (χ0n) is 40.1. The Labute approximate surface area is 365 Å². The molecule has 1 atom stereocenters. The van der Waals surface area contributed by atoms with Gasteiger partial charge in [-0.25, -0.2) is 0 Å². The Morgan fingerprint density at radius 1 is 0.644 bits per heavy atom. The first-order valence-electron chi connectivity index (χ1n) is 24.4. The molecule has 1 unspecified atom stereocenters. The highest BCUT2D eigenvalue weighted by Crippen LogP contribution is 2.37. The highest BCUT2D eigenvalue weighted by Gasteiger charge is 2.32. The Balaban J connectivity index is 2.60. The fourth-order valence-electron chi connectivity index (χ4n) is 8.67. The van der Waals surface area contributed by atoms with E-state index in [2.05, 4.69) is 95.3 Å². The van der Waals surface area contributed by atoms with E-state index in [-0.39, 0.29) is 28.9 Å². The summed E-state index contributed by atoms with van der Waals surface area (Å²) in [6.45, 7) is 15.4. The minimum absolute atomic E-state index is 0.00723. The van der Waals surface area contributed by atoms with Gasteiger partial charge in [0.1, 0.15) is 11.7 Å². The van der Waals surface area contributed by atoms with Crippen LogP contribution in [0, 0.1) is 10.8 Å². The first-order valence-corrected chi connectivity index (χ1v) is 24.4. The van der Waals surface area contributed by atoms with Gasteiger partial charge in [0.05, 0.1) is 13.0 Å². The minimum Gasteiger partial charge on any atom is -0.462 e. The van der Waals surface area contributed by atoms with Crippen LogP contribution in [0.1, 0.15) is 221 Å². The molecule has 1 rings (SSSR count). The quantitative estimate of drug-likeness (QED) is 0.188. The summed E-state index contributed by atoms with van der Waals surface area (Å²) in [6, 6.07) is 0. The minimum atomic E-state index is -0.489. The van der Waals surface area contributed by atoms with Gasteiger partial charge in [-0.3, -0.25) is 9.59 Å². The summed E-state index contributed by atoms with van der Waals surface area (Å²) in [5, 5.41) is 0. The van der Waals surface area contributed by atoms with Crippen LogP contribution in [0.25, 0.3) is 0 Å². The number of hydrogen-bond donors (Lipinski definition) is 0. The van der Waals surface area contributed by atoms with Gasteiger partial charge in [0.25, 0.3) is 0 Å². The number of ether oxygens (including phenoxy) is 3. The van der Waals surface area contributed by atoms with Gasteiger partial charge < -0.3 is 19.1 Å². The van der Waals surface area contributed by atoms with E-state index >= 15 is 0 Å². The van der Waals surface area contributed by atoms with Gasteiger partial charge in [-0.2, -0.15) is 0 Å². The van der Waals surface area contributed by atoms with Gasteiger partial charge in [0, 0.05) is 26.0 Å². The van der Waals surface area contributed by atoms with Gasteiger partial charge in [-0.15, -0.1) is 0 Å². The summed E-state index contributed by atoms with van der Waals surface area (Å²) in [6.07, 6.45) is 48.4. The molecule has 0 aliphatic carbocycles. The lowest BCUT2D eigenvalue weighted by Gasteiger charge is -2.36. The standard InChI is InChI=1S/C53H95NO5/c1-51(2,46-52(3,4)47-54(7)8)45-50(56)58-48-39-35-31-27-23-19-15-11-9-13-17-21-25-29-33-37-41-49(55)59-53(5,6)42-44-57-43-38-34-30-26-22-18-14-10-12-16-20-24-28-32-36-40-48/h9-10,13-14,21-22,25-26,48H,11-12,15-20,23-24,27-47H2,1-8H3/b13-9-,14-10-,25-21-,26-22-. The lowest BCUT2D eigenvalue weighted by Crippen LogP contribution is -2.34. The van der Waals surface area contributed by atoms with Crippen molar-refractivity contribution < 1.29 is 23.8 Å². The van der Waals surface area contributed by atoms with Crippen molar-refractivity contribution in [2.45, 2.75) is 233 Å². The second-order valence-corrected chi connectivity index (χ2v) is 20.1. The number of hydrogen-bond acceptors (Lipinski definition) is 6. The van der Waals surface area contributed by atoms with Crippen molar-refractivity contribution in [3.8, 4) is 0 Å². The highest BCUT2D eigenvalue weighted by molar-refractivity contribution is 5.70. The summed E-state index contributed by atoms with van der Waals surface area (Å²) < 4.78 is 17.9. The number of nitrogens with zero attached hydrogens (tertiary/aromatic N) is 1. The molecule has 0 bridgehead atoms. The van der Waals surface area contributed by atoms with Crippen LogP contribution in [0.4, 0.5) is 0 Å². The third kappa shape index (κ3) is 36.2. The Morgan fingerprint density at radius 2 is 1.10 bits per heavy atom. The molecule has 1 aliphatic rings. The highest BCUT2D eigenvalue weighted by atomic mass is 16.6. The molecule has 342 valence electrons. The van der Waals surface area contributed by atoms with Crippen molar-refractivity contribution in [3.63, 3.8) is 0 Å². The molecule has 0 radical (unpaired) electrons. The Bertz CT molecular complexity index is 1160. The monoisotopic (exact) mass is 826 g/mol. The van der Waals surface area contributed by atoms with E-state index in [1.54, 1.807) is 0 Å². The van der Waals surface area contributed by atoms with Crippen LogP contribution in [0.3, 0.4) is 0 Å². The second-order valence-electron chi connectivity index (χ2n) is 20.1. The maximum atomic E-state index is 13.3. The fourth-order valence-corrected chi connectivity index (χ4v) is 8.67. The van der Waals surface area contributed by atoms with Crippen LogP contribution < -0.4 is 0 Å². The van der Waals surface area contributed by atoms with Crippen molar-refractivity contribution >= 4 is 11.9 Å². The summed E-state index contributed by atoms with van der Waals surface area (Å²) in [4.78, 5) is 28.0. The van der Waals surface area contributed by atoms with Crippen LogP contribution in [0.5, 0.6) is 0 Å². The zero-order chi connectivity index (χ0) is 43.5. The van der Waals surface area contributed by atoms with Gasteiger partial charge >= 0.3 is 11.9 Å². The van der Waals surface area contributed by atoms with Crippen LogP contribution in [-0.2, 0) is 23.8 Å². The molecular formula is C53H95NO5. The Morgan fingerprint density at radius 3 is 1.61 bits per heavy atom. The van der Waals surface area contributed by atoms with Crippen molar-refractivity contribution in [2.24, 2.45) is 10.8 Å². The summed E-state index contributed by atoms with van der Waals surface area (Å²) in [5.41, 5.74) is -0.431. The molecule has 0 spiro atoms. The first kappa shape index (κ1) is 54.8. The first-order chi connectivity index (χ1) is 28.2. The molecule has 0 aromatic heterocycles. The number of cyclic esters (lactones) is 1. The van der Waals surface area contributed by atoms with Crippen molar-refractivity contribution in [1.29, 1.82) is 0 Å². The molecule has 1 aliphatic heterocycles. The fraction of sp³-hybridized carbons (Fsp3) is 0.811. The number of carbonyl (C=O) groups excluding carboxylic acids is 2. The molecule has 0 saturated carbocycles. The molecule has 0 amide bonds. The molecule has 0 N–H and O–H groups in total. The van der Waals surface area contributed by atoms with Crippen LogP contribution in [0.15, 0.2) is 48.6 Å². The lowest BCUT2D eigenvalue weighted by atomic mass is 9.73. The van der Waals surface area contributed by atoms with Gasteiger partial charge in [-0.05, 0) is 148 Å². The van der Waals surface area contributed by atoms with E-state index in [9.17, 15) is 9.59 Å². The van der Waals surface area contributed by atoms with Crippen LogP contribution >= 0.6 is 0 Å². The molecule has 0 fully saturated rings. The largest absolute Gasteiger partial charge is 0.462 e. The third-order valence-electron chi connectivity index (χ3n) is 11.3. The lowest BCUT2D eigenvalue weighted by molar-refractivity contribution is -0.158. The van der Waals surface area contributed by atoms with E-state index in [1.165, 1.54) is 64.2 Å². The molecular weight excluding hydrogens is 731 g/mol. The Hall–Kier alpha value is -2.18. The molecule has 59 heavy (non-hydrogen) atoms. The molecule has 0 aromatic carbocycles. The number of allylic oxidation sites excluding steroid dienone is 8. The third-order valence-corrected chi connectivity index (χ3v) is 11.3. The van der Waals surface area contributed by atoms with E-state index < -0.39 is 5.60 Å².